The first-order valence-electron chi connectivity index (χ1n) is 5.47. The molecule has 0 spiro atoms. The van der Waals surface area contributed by atoms with E-state index in [2.05, 4.69) is 65.0 Å². The summed E-state index contributed by atoms with van der Waals surface area (Å²) < 4.78 is 0. The van der Waals surface area contributed by atoms with Gasteiger partial charge in [0.15, 0.2) is 0 Å². The molecule has 2 nitrogen and oxygen atoms in total. The quantitative estimate of drug-likeness (QED) is 0.769. The molecule has 86 valence electrons. The van der Waals surface area contributed by atoms with E-state index in [-0.39, 0.29) is 0 Å². The number of benzene rings is 1. The van der Waals surface area contributed by atoms with Gasteiger partial charge in [-0.05, 0) is 31.5 Å². The molecule has 1 aromatic carbocycles. The lowest BCUT2D eigenvalue weighted by atomic mass is 10.2. The van der Waals surface area contributed by atoms with E-state index in [0.29, 0.717) is 12.5 Å². The number of alkyl halides is 1. The molecule has 0 amide bonds. The largest absolute Gasteiger partial charge is 0.368 e. The lowest BCUT2D eigenvalue weighted by molar-refractivity contribution is 0.686. The van der Waals surface area contributed by atoms with Crippen molar-refractivity contribution in [2.24, 2.45) is 0 Å². The second-order valence-corrected chi connectivity index (χ2v) is 4.56. The Morgan fingerprint density at radius 1 is 1.31 bits per heavy atom. The highest BCUT2D eigenvalue weighted by atomic mass is 79.9. The van der Waals surface area contributed by atoms with Crippen LogP contribution in [-0.2, 0) is 5.33 Å². The van der Waals surface area contributed by atoms with Crippen LogP contribution in [0, 0.1) is 11.3 Å². The molecule has 0 fully saturated rings. The monoisotopic (exact) mass is 280 g/mol. The summed E-state index contributed by atoms with van der Waals surface area (Å²) in [5.41, 5.74) is 2.46. The number of nitriles is 1. The third-order valence-electron chi connectivity index (χ3n) is 2.51. The Labute approximate surface area is 106 Å². The van der Waals surface area contributed by atoms with Gasteiger partial charge in [-0.15, -0.1) is 0 Å². The smallest absolute Gasteiger partial charge is 0.0640 e. The van der Waals surface area contributed by atoms with Crippen molar-refractivity contribution < 1.29 is 0 Å². The summed E-state index contributed by atoms with van der Waals surface area (Å²) in [6.07, 6.45) is 0.568. The summed E-state index contributed by atoms with van der Waals surface area (Å²) in [6.45, 7) is 5.09. The molecule has 0 bridgehead atoms. The number of hydrogen-bond acceptors (Lipinski definition) is 2. The third kappa shape index (κ3) is 3.53. The molecular weight excluding hydrogens is 264 g/mol. The first kappa shape index (κ1) is 13.1. The summed E-state index contributed by atoms with van der Waals surface area (Å²) in [7, 11) is 0. The Hall–Kier alpha value is -1.01. The number of rotatable bonds is 5. The lowest BCUT2D eigenvalue weighted by Crippen LogP contribution is -2.31. The fourth-order valence-electron chi connectivity index (χ4n) is 1.63. The van der Waals surface area contributed by atoms with Crippen molar-refractivity contribution in [2.45, 2.75) is 31.6 Å². The Morgan fingerprint density at radius 3 is 2.38 bits per heavy atom. The SMILES string of the molecule is CC(C)N(CCC#N)c1ccc(CBr)cc1. The number of hydrogen-bond donors (Lipinski definition) is 0. The van der Waals surface area contributed by atoms with Gasteiger partial charge in [0.25, 0.3) is 0 Å². The molecule has 0 aliphatic carbocycles. The van der Waals surface area contributed by atoms with Crippen LogP contribution in [0.4, 0.5) is 5.69 Å². The zero-order valence-electron chi connectivity index (χ0n) is 9.78. The van der Waals surface area contributed by atoms with Crippen LogP contribution in [0.25, 0.3) is 0 Å². The lowest BCUT2D eigenvalue weighted by Gasteiger charge is -2.28. The summed E-state index contributed by atoms with van der Waals surface area (Å²) in [5.74, 6) is 0. The molecule has 0 aliphatic rings. The van der Waals surface area contributed by atoms with E-state index in [4.69, 9.17) is 5.26 Å². The van der Waals surface area contributed by atoms with E-state index in [1.54, 1.807) is 0 Å². The number of halogens is 1. The Kier molecular flexibility index (Phi) is 5.34. The average molecular weight is 281 g/mol. The molecule has 0 saturated carbocycles. The molecule has 0 radical (unpaired) electrons. The summed E-state index contributed by atoms with van der Waals surface area (Å²) in [5, 5.41) is 9.53. The van der Waals surface area contributed by atoms with Gasteiger partial charge in [-0.2, -0.15) is 5.26 Å². The van der Waals surface area contributed by atoms with E-state index >= 15 is 0 Å². The summed E-state index contributed by atoms with van der Waals surface area (Å²) in [6, 6.07) is 11.1. The van der Waals surface area contributed by atoms with Gasteiger partial charge in [-0.1, -0.05) is 28.1 Å². The highest BCUT2D eigenvalue weighted by Crippen LogP contribution is 2.19. The molecule has 16 heavy (non-hydrogen) atoms. The zero-order valence-corrected chi connectivity index (χ0v) is 11.4. The second kappa shape index (κ2) is 6.55. The molecule has 3 heteroatoms. The minimum Gasteiger partial charge on any atom is -0.368 e. The highest BCUT2D eigenvalue weighted by molar-refractivity contribution is 9.08. The predicted octanol–water partition coefficient (Wildman–Crippen LogP) is 3.71. The molecule has 0 heterocycles. The molecule has 1 rings (SSSR count). The van der Waals surface area contributed by atoms with Crippen molar-refractivity contribution in [3.63, 3.8) is 0 Å². The predicted molar refractivity (Wildman–Crippen MR) is 71.8 cm³/mol. The van der Waals surface area contributed by atoms with E-state index in [9.17, 15) is 0 Å². The van der Waals surface area contributed by atoms with Gasteiger partial charge < -0.3 is 4.90 Å². The van der Waals surface area contributed by atoms with Gasteiger partial charge in [0.05, 0.1) is 12.5 Å². The summed E-state index contributed by atoms with van der Waals surface area (Å²) in [4.78, 5) is 2.25. The van der Waals surface area contributed by atoms with Crippen LogP contribution < -0.4 is 4.90 Å². The van der Waals surface area contributed by atoms with Gasteiger partial charge in [-0.3, -0.25) is 0 Å². The number of anilines is 1. The van der Waals surface area contributed by atoms with E-state index in [1.165, 1.54) is 11.3 Å². The first-order valence-corrected chi connectivity index (χ1v) is 6.59. The average Bonchev–Trinajstić information content (AvgIpc) is 2.30. The normalized spacial score (nSPS) is 10.2. The minimum absolute atomic E-state index is 0.420. The van der Waals surface area contributed by atoms with Crippen molar-refractivity contribution in [2.75, 3.05) is 11.4 Å². The standard InChI is InChI=1S/C13H17BrN2/c1-11(2)16(9-3-8-15)13-6-4-12(10-14)5-7-13/h4-7,11H,3,9-10H2,1-2H3. The summed E-state index contributed by atoms with van der Waals surface area (Å²) >= 11 is 3.43. The van der Waals surface area contributed by atoms with Crippen LogP contribution in [-0.4, -0.2) is 12.6 Å². The molecule has 0 N–H and O–H groups in total. The maximum atomic E-state index is 8.64. The van der Waals surface area contributed by atoms with Crippen LogP contribution in [0.5, 0.6) is 0 Å². The molecule has 0 atom stereocenters. The fraction of sp³-hybridized carbons (Fsp3) is 0.462. The molecular formula is C13H17BrN2. The first-order chi connectivity index (χ1) is 7.69. The maximum absolute atomic E-state index is 8.64. The maximum Gasteiger partial charge on any atom is 0.0640 e. The Morgan fingerprint density at radius 2 is 1.94 bits per heavy atom. The van der Waals surface area contributed by atoms with Gasteiger partial charge >= 0.3 is 0 Å². The van der Waals surface area contributed by atoms with Crippen LogP contribution in [0.15, 0.2) is 24.3 Å². The van der Waals surface area contributed by atoms with Crippen LogP contribution in [0.3, 0.4) is 0 Å². The highest BCUT2D eigenvalue weighted by Gasteiger charge is 2.09. The fourth-order valence-corrected chi connectivity index (χ4v) is 2.01. The van der Waals surface area contributed by atoms with Crippen LogP contribution in [0.2, 0.25) is 0 Å². The Bertz CT molecular complexity index is 351. The van der Waals surface area contributed by atoms with E-state index in [1.807, 2.05) is 0 Å². The molecule has 0 unspecified atom stereocenters. The van der Waals surface area contributed by atoms with Crippen LogP contribution in [0.1, 0.15) is 25.8 Å². The Balaban J connectivity index is 2.80. The molecule has 0 saturated heterocycles. The van der Waals surface area contributed by atoms with Crippen molar-refractivity contribution in [3.05, 3.63) is 29.8 Å². The zero-order chi connectivity index (χ0) is 12.0. The van der Waals surface area contributed by atoms with Gasteiger partial charge in [0, 0.05) is 23.6 Å². The topological polar surface area (TPSA) is 27.0 Å². The molecule has 1 aromatic rings. The van der Waals surface area contributed by atoms with Gasteiger partial charge in [0.2, 0.25) is 0 Å². The third-order valence-corrected chi connectivity index (χ3v) is 3.16. The van der Waals surface area contributed by atoms with Crippen molar-refractivity contribution in [1.82, 2.24) is 0 Å². The molecule has 0 aromatic heterocycles. The minimum atomic E-state index is 0.420. The van der Waals surface area contributed by atoms with Crippen LogP contribution >= 0.6 is 15.9 Å². The van der Waals surface area contributed by atoms with Crippen molar-refractivity contribution in [1.29, 1.82) is 5.26 Å². The van der Waals surface area contributed by atoms with Gasteiger partial charge in [-0.25, -0.2) is 0 Å². The van der Waals surface area contributed by atoms with E-state index in [0.717, 1.165) is 11.9 Å². The van der Waals surface area contributed by atoms with E-state index < -0.39 is 0 Å². The molecule has 0 aliphatic heterocycles. The van der Waals surface area contributed by atoms with Crippen molar-refractivity contribution in [3.8, 4) is 6.07 Å². The second-order valence-electron chi connectivity index (χ2n) is 4.00. The number of nitrogens with zero attached hydrogens (tertiary/aromatic N) is 2. The van der Waals surface area contributed by atoms with Crippen molar-refractivity contribution >= 4 is 21.6 Å². The van der Waals surface area contributed by atoms with Gasteiger partial charge in [0.1, 0.15) is 0 Å².